The van der Waals surface area contributed by atoms with Crippen molar-refractivity contribution in [3.05, 3.63) is 33.0 Å². The van der Waals surface area contributed by atoms with Crippen molar-refractivity contribution in [1.29, 1.82) is 0 Å². The van der Waals surface area contributed by atoms with Gasteiger partial charge in [-0.3, -0.25) is 4.79 Å². The van der Waals surface area contributed by atoms with Crippen molar-refractivity contribution in [2.45, 2.75) is 26.7 Å². The van der Waals surface area contributed by atoms with E-state index in [0.29, 0.717) is 0 Å². The maximum atomic E-state index is 12.9. The Hall–Kier alpha value is -2.12. The number of hydrogen-bond acceptors (Lipinski definition) is 5. The molecular formula is C11H12F2N2O4. The van der Waals surface area contributed by atoms with Gasteiger partial charge in [0.1, 0.15) is 11.3 Å². The number of esters is 1. The molecule has 0 N–H and O–H groups in total. The lowest BCUT2D eigenvalue weighted by Gasteiger charge is -2.09. The molecule has 0 unspecified atom stereocenters. The second-order valence-corrected chi connectivity index (χ2v) is 3.70. The summed E-state index contributed by atoms with van der Waals surface area (Å²) in [6.45, 7) is 3.11. The van der Waals surface area contributed by atoms with Crippen LogP contribution in [0.3, 0.4) is 0 Å². The van der Waals surface area contributed by atoms with Crippen molar-refractivity contribution >= 4 is 11.8 Å². The first kappa shape index (κ1) is 14.9. The number of ether oxygens (including phenoxy) is 1. The van der Waals surface area contributed by atoms with E-state index in [4.69, 9.17) is 0 Å². The van der Waals surface area contributed by atoms with Crippen molar-refractivity contribution in [1.82, 2.24) is 4.98 Å². The normalized spacial score (nSPS) is 10.6. The minimum Gasteiger partial charge on any atom is -0.466 e. The van der Waals surface area contributed by atoms with Crippen LogP contribution in [0.25, 0.3) is 0 Å². The molecule has 0 aliphatic carbocycles. The van der Waals surface area contributed by atoms with Crippen LogP contribution in [0.15, 0.2) is 6.07 Å². The van der Waals surface area contributed by atoms with Crippen LogP contribution in [0.5, 0.6) is 0 Å². The van der Waals surface area contributed by atoms with E-state index >= 15 is 0 Å². The Kier molecular flexibility index (Phi) is 4.85. The van der Waals surface area contributed by atoms with E-state index in [1.54, 1.807) is 6.92 Å². The van der Waals surface area contributed by atoms with Crippen molar-refractivity contribution in [3.63, 3.8) is 0 Å². The molecule has 0 radical (unpaired) electrons. The van der Waals surface area contributed by atoms with Gasteiger partial charge in [-0.05, 0) is 28.5 Å². The van der Waals surface area contributed by atoms with Gasteiger partial charge in [-0.25, -0.2) is 8.78 Å². The molecule has 0 aromatic carbocycles. The van der Waals surface area contributed by atoms with Gasteiger partial charge in [-0.1, -0.05) is 0 Å². The number of aromatic nitrogens is 1. The predicted molar refractivity (Wildman–Crippen MR) is 60.9 cm³/mol. The Morgan fingerprint density at radius 2 is 2.21 bits per heavy atom. The molecule has 19 heavy (non-hydrogen) atoms. The molecule has 0 saturated carbocycles. The summed E-state index contributed by atoms with van der Waals surface area (Å²) >= 11 is 0. The number of nitro groups is 1. The number of hydrogen-bond donors (Lipinski definition) is 0. The standard InChI is InChI=1S/C11H12F2N2O4/c1-3-19-8(16)5-7-4-6(2)14-11(15(17)18)9(7)10(12)13/h4,10H,3,5H2,1-2H3. The molecule has 6 nitrogen and oxygen atoms in total. The number of aryl methyl sites for hydroxylation is 1. The smallest absolute Gasteiger partial charge is 0.372 e. The number of rotatable bonds is 5. The second kappa shape index (κ2) is 6.17. The Morgan fingerprint density at radius 1 is 1.58 bits per heavy atom. The largest absolute Gasteiger partial charge is 0.466 e. The molecule has 0 bridgehead atoms. The van der Waals surface area contributed by atoms with Gasteiger partial charge in [-0.2, -0.15) is 0 Å². The van der Waals surface area contributed by atoms with Crippen LogP contribution in [0.2, 0.25) is 0 Å². The molecule has 0 saturated heterocycles. The third-order valence-electron chi connectivity index (χ3n) is 2.28. The summed E-state index contributed by atoms with van der Waals surface area (Å²) < 4.78 is 30.5. The molecule has 0 fully saturated rings. The van der Waals surface area contributed by atoms with Gasteiger partial charge >= 0.3 is 11.8 Å². The summed E-state index contributed by atoms with van der Waals surface area (Å²) in [5.74, 6) is -1.64. The Labute approximate surface area is 107 Å². The van der Waals surface area contributed by atoms with Crippen LogP contribution in [-0.2, 0) is 16.0 Å². The highest BCUT2D eigenvalue weighted by molar-refractivity contribution is 5.73. The summed E-state index contributed by atoms with van der Waals surface area (Å²) in [7, 11) is 0. The number of pyridine rings is 1. The molecule has 0 amide bonds. The zero-order chi connectivity index (χ0) is 14.6. The Morgan fingerprint density at radius 3 is 2.68 bits per heavy atom. The molecule has 8 heteroatoms. The fourth-order valence-electron chi connectivity index (χ4n) is 1.62. The molecule has 1 rings (SSSR count). The van der Waals surface area contributed by atoms with Gasteiger partial charge in [0.25, 0.3) is 6.43 Å². The van der Waals surface area contributed by atoms with E-state index in [9.17, 15) is 23.7 Å². The maximum absolute atomic E-state index is 12.9. The zero-order valence-corrected chi connectivity index (χ0v) is 10.4. The van der Waals surface area contributed by atoms with E-state index in [2.05, 4.69) is 9.72 Å². The molecule has 0 aliphatic rings. The first-order chi connectivity index (χ1) is 8.86. The van der Waals surface area contributed by atoms with E-state index in [-0.39, 0.29) is 17.9 Å². The van der Waals surface area contributed by atoms with Crippen molar-refractivity contribution < 1.29 is 23.2 Å². The molecular weight excluding hydrogens is 262 g/mol. The second-order valence-electron chi connectivity index (χ2n) is 3.70. The monoisotopic (exact) mass is 274 g/mol. The number of carbonyl (C=O) groups is 1. The van der Waals surface area contributed by atoms with Crippen LogP contribution in [0, 0.1) is 17.0 Å². The van der Waals surface area contributed by atoms with Crippen molar-refractivity contribution in [2.24, 2.45) is 0 Å². The third kappa shape index (κ3) is 3.67. The lowest BCUT2D eigenvalue weighted by atomic mass is 10.1. The highest BCUT2D eigenvalue weighted by Gasteiger charge is 2.29. The fraction of sp³-hybridized carbons (Fsp3) is 0.455. The predicted octanol–water partition coefficient (Wildman–Crippen LogP) is 2.34. The average Bonchev–Trinajstić information content (AvgIpc) is 2.27. The maximum Gasteiger partial charge on any atom is 0.372 e. The van der Waals surface area contributed by atoms with Crippen LogP contribution < -0.4 is 0 Å². The van der Waals surface area contributed by atoms with Crippen LogP contribution in [-0.4, -0.2) is 22.5 Å². The summed E-state index contributed by atoms with van der Waals surface area (Å²) in [4.78, 5) is 24.6. The van der Waals surface area contributed by atoms with E-state index in [1.807, 2.05) is 0 Å². The van der Waals surface area contributed by atoms with Gasteiger partial charge in [0, 0.05) is 6.92 Å². The zero-order valence-electron chi connectivity index (χ0n) is 10.4. The first-order valence-electron chi connectivity index (χ1n) is 5.45. The Bertz CT molecular complexity index is 506. The van der Waals surface area contributed by atoms with Crippen molar-refractivity contribution in [2.75, 3.05) is 6.61 Å². The minimum atomic E-state index is -3.09. The number of nitrogens with zero attached hydrogens (tertiary/aromatic N) is 2. The Balaban J connectivity index is 3.28. The van der Waals surface area contributed by atoms with Gasteiger partial charge < -0.3 is 14.9 Å². The molecule has 1 aromatic rings. The quantitative estimate of drug-likeness (QED) is 0.467. The lowest BCUT2D eigenvalue weighted by Crippen LogP contribution is -2.12. The number of alkyl halides is 2. The first-order valence-corrected chi connectivity index (χ1v) is 5.45. The topological polar surface area (TPSA) is 82.3 Å². The number of halogens is 2. The molecule has 1 heterocycles. The van der Waals surface area contributed by atoms with Crippen molar-refractivity contribution in [3.8, 4) is 0 Å². The molecule has 0 atom stereocenters. The van der Waals surface area contributed by atoms with E-state index in [0.717, 1.165) is 0 Å². The molecule has 1 aromatic heterocycles. The van der Waals surface area contributed by atoms with Gasteiger partial charge in [0.05, 0.1) is 13.0 Å². The third-order valence-corrected chi connectivity index (χ3v) is 2.28. The summed E-state index contributed by atoms with van der Waals surface area (Å²) in [5.41, 5.74) is -0.772. The lowest BCUT2D eigenvalue weighted by molar-refractivity contribution is -0.391. The summed E-state index contributed by atoms with van der Waals surface area (Å²) in [6.07, 6.45) is -3.53. The summed E-state index contributed by atoms with van der Waals surface area (Å²) in [6, 6.07) is 1.23. The van der Waals surface area contributed by atoms with E-state index < -0.39 is 35.1 Å². The highest BCUT2D eigenvalue weighted by atomic mass is 19.3. The SMILES string of the molecule is CCOC(=O)Cc1cc(C)nc([N+](=O)[O-])c1C(F)F. The minimum absolute atomic E-state index is 0.106. The summed E-state index contributed by atoms with van der Waals surface area (Å²) in [5, 5.41) is 10.7. The van der Waals surface area contributed by atoms with Crippen LogP contribution in [0.1, 0.15) is 30.2 Å². The molecule has 0 spiro atoms. The highest BCUT2D eigenvalue weighted by Crippen LogP contribution is 2.31. The number of carbonyl (C=O) groups excluding carboxylic acids is 1. The average molecular weight is 274 g/mol. The molecule has 104 valence electrons. The molecule has 0 aliphatic heterocycles. The van der Waals surface area contributed by atoms with Gasteiger partial charge in [0.15, 0.2) is 0 Å². The van der Waals surface area contributed by atoms with Crippen LogP contribution in [0.4, 0.5) is 14.6 Å². The van der Waals surface area contributed by atoms with Crippen LogP contribution >= 0.6 is 0 Å². The fourth-order valence-corrected chi connectivity index (χ4v) is 1.62. The van der Waals surface area contributed by atoms with Gasteiger partial charge in [-0.15, -0.1) is 0 Å². The van der Waals surface area contributed by atoms with Gasteiger partial charge in [0.2, 0.25) is 0 Å². The van der Waals surface area contributed by atoms with E-state index in [1.165, 1.54) is 13.0 Å².